The van der Waals surface area contributed by atoms with Crippen molar-refractivity contribution in [2.75, 3.05) is 7.11 Å². The molecule has 0 aliphatic heterocycles. The molecule has 0 saturated heterocycles. The highest BCUT2D eigenvalue weighted by atomic mass is 35.5. The molecule has 4 nitrogen and oxygen atoms in total. The Morgan fingerprint density at radius 2 is 2.11 bits per heavy atom. The molecule has 0 fully saturated rings. The van der Waals surface area contributed by atoms with Crippen LogP contribution in [0.1, 0.15) is 26.4 Å². The largest absolute Gasteiger partial charge is 0.464 e. The predicted molar refractivity (Wildman–Crippen MR) is 67.0 cm³/mol. The van der Waals surface area contributed by atoms with E-state index in [0.29, 0.717) is 0 Å². The number of ether oxygens (including phenoxy) is 1. The molecule has 1 heterocycles. The monoisotopic (exact) mass is 281 g/mol. The number of hydrogen-bond donors (Lipinski definition) is 1. The molecule has 98 valence electrons. The summed E-state index contributed by atoms with van der Waals surface area (Å²) in [4.78, 5) is 26.0. The highest BCUT2D eigenvalue weighted by Crippen LogP contribution is 2.22. The Morgan fingerprint density at radius 3 is 2.74 bits per heavy atom. The number of aromatic amines is 1. The van der Waals surface area contributed by atoms with Gasteiger partial charge in [-0.1, -0.05) is 17.7 Å². The smallest absolute Gasteiger partial charge is 0.354 e. The summed E-state index contributed by atoms with van der Waals surface area (Å²) < 4.78 is 18.1. The van der Waals surface area contributed by atoms with Gasteiger partial charge in [0.2, 0.25) is 0 Å². The fourth-order valence-corrected chi connectivity index (χ4v) is 1.86. The molecule has 0 radical (unpaired) electrons. The zero-order valence-electron chi connectivity index (χ0n) is 9.87. The summed E-state index contributed by atoms with van der Waals surface area (Å²) in [5.74, 6) is -1.92. The van der Waals surface area contributed by atoms with E-state index < -0.39 is 17.6 Å². The number of hydrogen-bond acceptors (Lipinski definition) is 3. The van der Waals surface area contributed by atoms with Gasteiger partial charge in [0.05, 0.1) is 17.7 Å². The third kappa shape index (κ3) is 2.51. The van der Waals surface area contributed by atoms with E-state index >= 15 is 0 Å². The van der Waals surface area contributed by atoms with Crippen molar-refractivity contribution >= 4 is 23.4 Å². The Hall–Kier alpha value is -2.14. The molecule has 2 rings (SSSR count). The Bertz CT molecular complexity index is 631. The van der Waals surface area contributed by atoms with Crippen molar-refractivity contribution < 1.29 is 18.7 Å². The molecule has 0 atom stereocenters. The van der Waals surface area contributed by atoms with Gasteiger partial charge < -0.3 is 9.72 Å². The second kappa shape index (κ2) is 5.24. The molecule has 2 aromatic rings. The molecular formula is C13H9ClFNO3. The van der Waals surface area contributed by atoms with Crippen molar-refractivity contribution in [3.05, 3.63) is 58.1 Å². The number of carbonyl (C=O) groups excluding carboxylic acids is 2. The van der Waals surface area contributed by atoms with Crippen molar-refractivity contribution in [1.82, 2.24) is 4.98 Å². The van der Waals surface area contributed by atoms with E-state index in [2.05, 4.69) is 9.72 Å². The van der Waals surface area contributed by atoms with Crippen LogP contribution in [0, 0.1) is 5.82 Å². The topological polar surface area (TPSA) is 59.2 Å². The molecule has 0 bridgehead atoms. The molecule has 0 amide bonds. The van der Waals surface area contributed by atoms with Gasteiger partial charge in [-0.2, -0.15) is 0 Å². The standard InChI is InChI=1S/C13H9ClFNO3/c1-19-13(18)10-5-7(6-16-10)12(17)11-8(14)3-2-4-9(11)15/h2-6,16H,1H3. The average molecular weight is 282 g/mol. The van der Waals surface area contributed by atoms with Crippen LogP contribution in [0.4, 0.5) is 4.39 Å². The lowest BCUT2D eigenvalue weighted by Crippen LogP contribution is -2.04. The second-order valence-electron chi connectivity index (χ2n) is 3.72. The number of methoxy groups -OCH3 is 1. The SMILES string of the molecule is COC(=O)c1cc(C(=O)c2c(F)cccc2Cl)c[nH]1. The molecular weight excluding hydrogens is 273 g/mol. The number of carbonyl (C=O) groups is 2. The van der Waals surface area contributed by atoms with E-state index in [0.717, 1.165) is 6.07 Å². The summed E-state index contributed by atoms with van der Waals surface area (Å²) in [7, 11) is 1.22. The average Bonchev–Trinajstić information content (AvgIpc) is 2.87. The van der Waals surface area contributed by atoms with Gasteiger partial charge in [0.15, 0.2) is 5.78 Å². The van der Waals surface area contributed by atoms with E-state index in [1.54, 1.807) is 0 Å². The quantitative estimate of drug-likeness (QED) is 0.695. The zero-order chi connectivity index (χ0) is 14.0. The lowest BCUT2D eigenvalue weighted by atomic mass is 10.1. The number of ketones is 1. The number of aromatic nitrogens is 1. The third-order valence-corrected chi connectivity index (χ3v) is 2.86. The first-order valence-electron chi connectivity index (χ1n) is 5.30. The molecule has 0 aliphatic rings. The van der Waals surface area contributed by atoms with Crippen molar-refractivity contribution in [2.24, 2.45) is 0 Å². The minimum absolute atomic E-state index is 0.0193. The number of H-pyrrole nitrogens is 1. The van der Waals surface area contributed by atoms with Crippen LogP contribution in [0.15, 0.2) is 30.5 Å². The molecule has 0 spiro atoms. The van der Waals surface area contributed by atoms with Gasteiger partial charge in [-0.25, -0.2) is 9.18 Å². The minimum Gasteiger partial charge on any atom is -0.464 e. The summed E-state index contributed by atoms with van der Waals surface area (Å²) in [5, 5.41) is 0.0193. The molecule has 0 unspecified atom stereocenters. The van der Waals surface area contributed by atoms with Crippen LogP contribution in [0.2, 0.25) is 5.02 Å². The molecule has 0 aliphatic carbocycles. The van der Waals surface area contributed by atoms with Gasteiger partial charge in [0.1, 0.15) is 11.5 Å². The summed E-state index contributed by atoms with van der Waals surface area (Å²) in [6.07, 6.45) is 1.30. The highest BCUT2D eigenvalue weighted by molar-refractivity contribution is 6.35. The van der Waals surface area contributed by atoms with Crippen LogP contribution in [-0.4, -0.2) is 23.8 Å². The maximum atomic E-state index is 13.6. The Kier molecular flexibility index (Phi) is 3.66. The fraction of sp³-hybridized carbons (Fsp3) is 0.0769. The minimum atomic E-state index is -0.710. The van der Waals surface area contributed by atoms with Gasteiger partial charge in [-0.3, -0.25) is 4.79 Å². The summed E-state index contributed by atoms with van der Waals surface area (Å²) in [6.45, 7) is 0. The van der Waals surface area contributed by atoms with Gasteiger partial charge in [-0.05, 0) is 18.2 Å². The maximum absolute atomic E-state index is 13.6. The third-order valence-electron chi connectivity index (χ3n) is 2.54. The van der Waals surface area contributed by atoms with Gasteiger partial charge in [0, 0.05) is 11.8 Å². The van der Waals surface area contributed by atoms with Gasteiger partial charge in [0.25, 0.3) is 0 Å². The number of halogens is 2. The number of rotatable bonds is 3. The van der Waals surface area contributed by atoms with E-state index in [-0.39, 0.29) is 21.8 Å². The predicted octanol–water partition coefficient (Wildman–Crippen LogP) is 2.82. The zero-order valence-corrected chi connectivity index (χ0v) is 10.6. The maximum Gasteiger partial charge on any atom is 0.354 e. The van der Waals surface area contributed by atoms with E-state index in [1.807, 2.05) is 0 Å². The van der Waals surface area contributed by atoms with Crippen LogP contribution >= 0.6 is 11.6 Å². The van der Waals surface area contributed by atoms with Crippen LogP contribution < -0.4 is 0 Å². The van der Waals surface area contributed by atoms with E-state index in [1.165, 1.54) is 31.5 Å². The molecule has 1 aromatic carbocycles. The number of esters is 1. The highest BCUT2D eigenvalue weighted by Gasteiger charge is 2.20. The second-order valence-corrected chi connectivity index (χ2v) is 4.13. The summed E-state index contributed by atoms with van der Waals surface area (Å²) in [5.41, 5.74) is 0.0188. The molecule has 19 heavy (non-hydrogen) atoms. The van der Waals surface area contributed by atoms with Crippen molar-refractivity contribution in [1.29, 1.82) is 0 Å². The first-order chi connectivity index (χ1) is 9.04. The van der Waals surface area contributed by atoms with Crippen LogP contribution in [0.25, 0.3) is 0 Å². The van der Waals surface area contributed by atoms with E-state index in [4.69, 9.17) is 11.6 Å². The van der Waals surface area contributed by atoms with Crippen LogP contribution in [0.3, 0.4) is 0 Å². The molecule has 1 N–H and O–H groups in total. The van der Waals surface area contributed by atoms with Crippen molar-refractivity contribution in [3.63, 3.8) is 0 Å². The Labute approximate surface area is 113 Å². The first kappa shape index (κ1) is 13.3. The normalized spacial score (nSPS) is 10.3. The van der Waals surface area contributed by atoms with Gasteiger partial charge in [-0.15, -0.1) is 0 Å². The molecule has 6 heteroatoms. The lowest BCUT2D eigenvalue weighted by molar-refractivity contribution is 0.0595. The lowest BCUT2D eigenvalue weighted by Gasteiger charge is -2.02. The molecule has 1 aromatic heterocycles. The first-order valence-corrected chi connectivity index (χ1v) is 5.68. The number of nitrogens with one attached hydrogen (secondary N) is 1. The summed E-state index contributed by atoms with van der Waals surface area (Å²) >= 11 is 5.81. The molecule has 0 saturated carbocycles. The van der Waals surface area contributed by atoms with E-state index in [9.17, 15) is 14.0 Å². The fourth-order valence-electron chi connectivity index (χ4n) is 1.61. The van der Waals surface area contributed by atoms with Crippen molar-refractivity contribution in [2.45, 2.75) is 0 Å². The van der Waals surface area contributed by atoms with Crippen LogP contribution in [-0.2, 0) is 4.74 Å². The Morgan fingerprint density at radius 1 is 1.37 bits per heavy atom. The number of benzene rings is 1. The van der Waals surface area contributed by atoms with Crippen molar-refractivity contribution in [3.8, 4) is 0 Å². The summed E-state index contributed by atoms with van der Waals surface area (Å²) in [6, 6.07) is 5.26. The van der Waals surface area contributed by atoms with Crippen LogP contribution in [0.5, 0.6) is 0 Å². The Balaban J connectivity index is 2.40. The van der Waals surface area contributed by atoms with Gasteiger partial charge >= 0.3 is 5.97 Å².